The molecule has 0 nitrogen and oxygen atoms in total. The normalized spacial score (nSPS) is 21.4. The maximum absolute atomic E-state index is 7.94. The van der Waals surface area contributed by atoms with Gasteiger partial charge in [0.25, 0.3) is 0 Å². The molecule has 2 aromatic rings. The van der Waals surface area contributed by atoms with E-state index in [0.717, 1.165) is 0 Å². The van der Waals surface area contributed by atoms with Gasteiger partial charge in [0.1, 0.15) is 0 Å². The average Bonchev–Trinajstić information content (AvgIpc) is 3.28. The van der Waals surface area contributed by atoms with Gasteiger partial charge >= 0.3 is 200 Å². The fraction of sp³-hybridized carbons (Fsp3) is 0.346. The van der Waals surface area contributed by atoms with Crippen molar-refractivity contribution < 1.29 is 15.9 Å². The van der Waals surface area contributed by atoms with E-state index in [2.05, 4.69) is 111 Å². The van der Waals surface area contributed by atoms with E-state index in [1.54, 1.807) is 0 Å². The third-order valence-electron chi connectivity index (χ3n) is 7.19. The quantitative estimate of drug-likeness (QED) is 0.326. The molecule has 0 amide bonds. The van der Waals surface area contributed by atoms with E-state index in [4.69, 9.17) is 17.0 Å². The minimum absolute atomic E-state index is 0.114. The van der Waals surface area contributed by atoms with Crippen LogP contribution in [-0.4, -0.2) is 19.9 Å². The van der Waals surface area contributed by atoms with Gasteiger partial charge in [0.15, 0.2) is 0 Å². The second kappa shape index (κ2) is 7.60. The fourth-order valence-corrected chi connectivity index (χ4v) is 23.2. The monoisotopic (exact) mass is 562 g/mol. The predicted molar refractivity (Wildman–Crippen MR) is 144 cm³/mol. The van der Waals surface area contributed by atoms with Crippen molar-refractivity contribution in [3.05, 3.63) is 82.9 Å². The molecule has 0 spiro atoms. The summed E-state index contributed by atoms with van der Waals surface area (Å²) < 4.78 is 2.49. The zero-order valence-electron chi connectivity index (χ0n) is 19.8. The predicted octanol–water partition coefficient (Wildman–Crippen LogP) is 8.84. The molecule has 0 bridgehead atoms. The molecule has 0 aliphatic heterocycles. The molecule has 2 aliphatic carbocycles. The van der Waals surface area contributed by atoms with Crippen LogP contribution in [0.5, 0.6) is 0 Å². The first-order valence-corrected chi connectivity index (χ1v) is 28.9. The molecule has 0 saturated heterocycles. The van der Waals surface area contributed by atoms with Crippen molar-refractivity contribution in [3.8, 4) is 0 Å². The van der Waals surface area contributed by atoms with Gasteiger partial charge in [-0.05, 0) is 0 Å². The number of fused-ring (bicyclic) bond motifs is 2. The zero-order valence-corrected chi connectivity index (χ0v) is 25.7. The van der Waals surface area contributed by atoms with Crippen molar-refractivity contribution in [2.75, 3.05) is 0 Å². The van der Waals surface area contributed by atoms with Crippen LogP contribution in [0.25, 0.3) is 10.4 Å². The molecule has 0 radical (unpaired) electrons. The molecular formula is C26H34Cl2Si2Zr. The Morgan fingerprint density at radius 1 is 0.677 bits per heavy atom. The van der Waals surface area contributed by atoms with Gasteiger partial charge in [-0.1, -0.05) is 0 Å². The SMILES string of the molecule is C[CH]=[Zr]([Cl])([Cl])([CH]1C=C([Si](C)(C)C)c2ccccc21)[CH]1C=C([Si](C)(C)C)c2ccccc21. The fourth-order valence-electron chi connectivity index (χ4n) is 5.49. The topological polar surface area (TPSA) is 0 Å². The summed E-state index contributed by atoms with van der Waals surface area (Å²) >= 11 is -4.55. The molecule has 0 aromatic heterocycles. The van der Waals surface area contributed by atoms with Crippen LogP contribution >= 0.6 is 17.0 Å². The molecule has 5 heteroatoms. The van der Waals surface area contributed by atoms with Gasteiger partial charge in [-0.3, -0.25) is 0 Å². The standard InChI is InChI=1S/2C12H15Si.C2H4.2ClH.Zr/c2*1-13(2,3)12-9-8-10-6-4-5-7-11(10)12;1-2;;;/h2*4-9H,1-3H3;1H,2H3;2*1H;/q;;;;;+2/p-2. The van der Waals surface area contributed by atoms with E-state index in [1.807, 2.05) is 0 Å². The van der Waals surface area contributed by atoms with E-state index in [-0.39, 0.29) is 7.25 Å². The van der Waals surface area contributed by atoms with Crippen LogP contribution in [-0.2, 0) is 15.9 Å². The summed E-state index contributed by atoms with van der Waals surface area (Å²) in [6.07, 6.45) is 4.98. The Kier molecular flexibility index (Phi) is 5.84. The van der Waals surface area contributed by atoms with Crippen LogP contribution in [0.1, 0.15) is 36.4 Å². The average molecular weight is 565 g/mol. The summed E-state index contributed by atoms with van der Waals surface area (Å²) in [7, 11) is 12.8. The summed E-state index contributed by atoms with van der Waals surface area (Å²) in [5, 5.41) is 3.02. The first-order valence-electron chi connectivity index (χ1n) is 11.3. The Labute approximate surface area is 198 Å². The van der Waals surface area contributed by atoms with E-state index < -0.39 is 32.1 Å². The molecule has 4 rings (SSSR count). The van der Waals surface area contributed by atoms with Gasteiger partial charge in [-0.2, -0.15) is 0 Å². The van der Waals surface area contributed by atoms with Gasteiger partial charge in [0.05, 0.1) is 0 Å². The summed E-state index contributed by atoms with van der Waals surface area (Å²) in [5.41, 5.74) is 5.47. The van der Waals surface area contributed by atoms with Crippen LogP contribution in [0.2, 0.25) is 39.3 Å². The molecule has 0 heterocycles. The van der Waals surface area contributed by atoms with Crippen LogP contribution in [0.3, 0.4) is 0 Å². The van der Waals surface area contributed by atoms with Crippen LogP contribution in [0.4, 0.5) is 0 Å². The Balaban J connectivity index is 2.00. The van der Waals surface area contributed by atoms with Crippen molar-refractivity contribution in [1.82, 2.24) is 0 Å². The van der Waals surface area contributed by atoms with Crippen LogP contribution in [0, 0.1) is 0 Å². The van der Waals surface area contributed by atoms with Crippen molar-refractivity contribution in [2.24, 2.45) is 0 Å². The maximum atomic E-state index is 7.94. The first kappa shape index (κ1) is 23.8. The molecular weight excluding hydrogens is 531 g/mol. The second-order valence-corrected chi connectivity index (χ2v) is 43.0. The van der Waals surface area contributed by atoms with E-state index >= 15 is 0 Å². The summed E-state index contributed by atoms with van der Waals surface area (Å²) in [4.78, 5) is 0. The Hall–Kier alpha value is -0.313. The number of benzene rings is 2. The van der Waals surface area contributed by atoms with Crippen molar-refractivity contribution >= 4 is 47.3 Å². The summed E-state index contributed by atoms with van der Waals surface area (Å²) in [6.45, 7) is 16.7. The van der Waals surface area contributed by atoms with Crippen molar-refractivity contribution in [2.45, 2.75) is 53.5 Å². The first-order chi connectivity index (χ1) is 14.3. The number of rotatable bonds is 4. The van der Waals surface area contributed by atoms with E-state index in [0.29, 0.717) is 0 Å². The third-order valence-corrected chi connectivity index (χ3v) is 30.3. The molecule has 2 aromatic carbocycles. The molecule has 2 atom stereocenters. The van der Waals surface area contributed by atoms with Crippen molar-refractivity contribution in [1.29, 1.82) is 0 Å². The van der Waals surface area contributed by atoms with Crippen LogP contribution < -0.4 is 0 Å². The molecule has 31 heavy (non-hydrogen) atoms. The Bertz CT molecular complexity index is 1100. The minimum atomic E-state index is -4.55. The van der Waals surface area contributed by atoms with Gasteiger partial charge < -0.3 is 0 Å². The molecule has 0 N–H and O–H groups in total. The summed E-state index contributed by atoms with van der Waals surface area (Å²) in [5.74, 6) is 0. The number of allylic oxidation sites excluding steroid dienone is 2. The van der Waals surface area contributed by atoms with Gasteiger partial charge in [-0.25, -0.2) is 0 Å². The van der Waals surface area contributed by atoms with Gasteiger partial charge in [-0.15, -0.1) is 0 Å². The second-order valence-electron chi connectivity index (χ2n) is 11.3. The molecule has 0 saturated carbocycles. The third kappa shape index (κ3) is 3.77. The number of hydrogen-bond donors (Lipinski definition) is 0. The van der Waals surface area contributed by atoms with Gasteiger partial charge in [0.2, 0.25) is 0 Å². The summed E-state index contributed by atoms with van der Waals surface area (Å²) in [6, 6.07) is 17.7. The number of hydrogen-bond acceptors (Lipinski definition) is 0. The molecule has 164 valence electrons. The Morgan fingerprint density at radius 3 is 1.35 bits per heavy atom. The Morgan fingerprint density at radius 2 is 1.03 bits per heavy atom. The zero-order chi connectivity index (χ0) is 22.8. The number of halogens is 2. The van der Waals surface area contributed by atoms with Crippen LogP contribution in [0.15, 0.2) is 60.7 Å². The van der Waals surface area contributed by atoms with E-state index in [9.17, 15) is 0 Å². The van der Waals surface area contributed by atoms with Crippen molar-refractivity contribution in [3.63, 3.8) is 0 Å². The molecule has 0 fully saturated rings. The molecule has 2 aliphatic rings. The van der Waals surface area contributed by atoms with Gasteiger partial charge in [0, 0.05) is 0 Å². The molecule has 2 unspecified atom stereocenters. The van der Waals surface area contributed by atoms with E-state index in [1.165, 1.54) is 32.6 Å².